The Morgan fingerprint density at radius 2 is 1.80 bits per heavy atom. The fraction of sp³-hybridized carbons (Fsp3) is 0.316. The first kappa shape index (κ1) is 17.6. The standard InChI is InChI=1S/C19H22N2O3S/c1-15-7-3-4-9-17(15)13-20(25(2,23)24)14-19(22)21-12-11-16-8-5-6-10-18(16)21/h3-10H,11-14H2,1-2H3. The molecule has 0 aliphatic carbocycles. The van der Waals surface area contributed by atoms with E-state index in [9.17, 15) is 13.2 Å². The Morgan fingerprint density at radius 1 is 1.12 bits per heavy atom. The predicted octanol–water partition coefficient (Wildman–Crippen LogP) is 2.35. The zero-order valence-electron chi connectivity index (χ0n) is 14.5. The highest BCUT2D eigenvalue weighted by molar-refractivity contribution is 7.88. The van der Waals surface area contributed by atoms with Gasteiger partial charge < -0.3 is 4.90 Å². The maximum absolute atomic E-state index is 12.8. The van der Waals surface area contributed by atoms with Crippen molar-refractivity contribution in [2.45, 2.75) is 19.9 Å². The summed E-state index contributed by atoms with van der Waals surface area (Å²) in [7, 11) is -3.50. The molecule has 1 heterocycles. The molecule has 2 aromatic carbocycles. The van der Waals surface area contributed by atoms with Crippen molar-refractivity contribution in [3.8, 4) is 0 Å². The minimum Gasteiger partial charge on any atom is -0.311 e. The molecule has 6 heteroatoms. The summed E-state index contributed by atoms with van der Waals surface area (Å²) < 4.78 is 25.6. The summed E-state index contributed by atoms with van der Waals surface area (Å²) in [5.41, 5.74) is 3.93. The first-order valence-corrected chi connectivity index (χ1v) is 10.1. The van der Waals surface area contributed by atoms with Gasteiger partial charge in [0, 0.05) is 18.8 Å². The highest BCUT2D eigenvalue weighted by atomic mass is 32.2. The monoisotopic (exact) mass is 358 g/mol. The van der Waals surface area contributed by atoms with Crippen molar-refractivity contribution in [2.24, 2.45) is 0 Å². The number of para-hydroxylation sites is 1. The van der Waals surface area contributed by atoms with Crippen LogP contribution in [0.2, 0.25) is 0 Å². The molecule has 132 valence electrons. The fourth-order valence-corrected chi connectivity index (χ4v) is 3.82. The lowest BCUT2D eigenvalue weighted by Crippen LogP contribution is -2.41. The first-order chi connectivity index (χ1) is 11.9. The molecule has 0 bridgehead atoms. The number of hydrogen-bond acceptors (Lipinski definition) is 3. The lowest BCUT2D eigenvalue weighted by Gasteiger charge is -2.24. The van der Waals surface area contributed by atoms with Crippen molar-refractivity contribution in [1.82, 2.24) is 4.31 Å². The Bertz CT molecular complexity index is 893. The van der Waals surface area contributed by atoms with Crippen molar-refractivity contribution in [1.29, 1.82) is 0 Å². The number of sulfonamides is 1. The van der Waals surface area contributed by atoms with Crippen LogP contribution in [-0.4, -0.2) is 38.0 Å². The van der Waals surface area contributed by atoms with Gasteiger partial charge in [-0.15, -0.1) is 0 Å². The van der Waals surface area contributed by atoms with Crippen molar-refractivity contribution < 1.29 is 13.2 Å². The van der Waals surface area contributed by atoms with Gasteiger partial charge in [0.05, 0.1) is 12.8 Å². The van der Waals surface area contributed by atoms with Crippen molar-refractivity contribution in [2.75, 3.05) is 24.2 Å². The highest BCUT2D eigenvalue weighted by Gasteiger charge is 2.28. The summed E-state index contributed by atoms with van der Waals surface area (Å²) in [6, 6.07) is 15.4. The molecule has 1 amide bonds. The number of fused-ring (bicyclic) bond motifs is 1. The Balaban J connectivity index is 1.80. The summed E-state index contributed by atoms with van der Waals surface area (Å²) in [6.07, 6.45) is 1.95. The van der Waals surface area contributed by atoms with Crippen molar-refractivity contribution in [3.05, 3.63) is 65.2 Å². The average molecular weight is 358 g/mol. The summed E-state index contributed by atoms with van der Waals surface area (Å²) in [6.45, 7) is 2.59. The van der Waals surface area contributed by atoms with Crippen LogP contribution >= 0.6 is 0 Å². The Hall–Kier alpha value is -2.18. The number of carbonyl (C=O) groups is 1. The Kier molecular flexibility index (Phi) is 4.92. The zero-order valence-corrected chi connectivity index (χ0v) is 15.3. The molecule has 3 rings (SSSR count). The van der Waals surface area contributed by atoms with Gasteiger partial charge in [-0.3, -0.25) is 4.79 Å². The van der Waals surface area contributed by atoms with Crippen LogP contribution in [0, 0.1) is 6.92 Å². The minimum atomic E-state index is -3.50. The number of hydrogen-bond donors (Lipinski definition) is 0. The summed E-state index contributed by atoms with van der Waals surface area (Å²) >= 11 is 0. The number of rotatable bonds is 5. The van der Waals surface area contributed by atoms with Gasteiger partial charge in [-0.25, -0.2) is 8.42 Å². The molecule has 5 nitrogen and oxygen atoms in total. The molecule has 0 N–H and O–H groups in total. The molecular weight excluding hydrogens is 336 g/mol. The molecule has 1 aliphatic rings. The average Bonchev–Trinajstić information content (AvgIpc) is 2.99. The third-order valence-electron chi connectivity index (χ3n) is 4.58. The number of nitrogens with zero attached hydrogens (tertiary/aromatic N) is 2. The van der Waals surface area contributed by atoms with Crippen LogP contribution in [-0.2, 0) is 27.8 Å². The van der Waals surface area contributed by atoms with Crippen LogP contribution in [0.4, 0.5) is 5.69 Å². The molecule has 1 aliphatic heterocycles. The highest BCUT2D eigenvalue weighted by Crippen LogP contribution is 2.27. The first-order valence-electron chi connectivity index (χ1n) is 8.24. The summed E-state index contributed by atoms with van der Waals surface area (Å²) in [4.78, 5) is 14.4. The second kappa shape index (κ2) is 6.98. The normalized spacial score (nSPS) is 14.0. The van der Waals surface area contributed by atoms with E-state index in [4.69, 9.17) is 0 Å². The summed E-state index contributed by atoms with van der Waals surface area (Å²) in [5, 5.41) is 0. The Morgan fingerprint density at radius 3 is 2.52 bits per heavy atom. The topological polar surface area (TPSA) is 57.7 Å². The molecular formula is C19H22N2O3S. The smallest absolute Gasteiger partial charge is 0.242 e. The van der Waals surface area contributed by atoms with Gasteiger partial charge in [0.1, 0.15) is 0 Å². The lowest BCUT2D eigenvalue weighted by molar-refractivity contribution is -0.118. The van der Waals surface area contributed by atoms with Gasteiger partial charge in [-0.2, -0.15) is 4.31 Å². The fourth-order valence-electron chi connectivity index (χ4n) is 3.10. The van der Waals surface area contributed by atoms with E-state index < -0.39 is 10.0 Å². The number of amides is 1. The summed E-state index contributed by atoms with van der Waals surface area (Å²) in [5.74, 6) is -0.191. The predicted molar refractivity (Wildman–Crippen MR) is 98.9 cm³/mol. The maximum Gasteiger partial charge on any atom is 0.242 e. The maximum atomic E-state index is 12.8. The third kappa shape index (κ3) is 3.91. The van der Waals surface area contributed by atoms with E-state index in [1.54, 1.807) is 4.90 Å². The molecule has 0 saturated heterocycles. The number of anilines is 1. The van der Waals surface area contributed by atoms with Gasteiger partial charge >= 0.3 is 0 Å². The molecule has 2 aromatic rings. The molecule has 0 aromatic heterocycles. The Labute approximate surface area is 148 Å². The number of carbonyl (C=O) groups excluding carboxylic acids is 1. The van der Waals surface area contributed by atoms with Crippen LogP contribution in [0.25, 0.3) is 0 Å². The van der Waals surface area contributed by atoms with Crippen molar-refractivity contribution in [3.63, 3.8) is 0 Å². The molecule has 0 spiro atoms. The molecule has 0 atom stereocenters. The van der Waals surface area contributed by atoms with E-state index >= 15 is 0 Å². The van der Waals surface area contributed by atoms with E-state index in [0.29, 0.717) is 6.54 Å². The van der Waals surface area contributed by atoms with E-state index in [-0.39, 0.29) is 19.0 Å². The van der Waals surface area contributed by atoms with Crippen LogP contribution in [0.3, 0.4) is 0 Å². The second-order valence-electron chi connectivity index (χ2n) is 6.38. The molecule has 0 saturated carbocycles. The van der Waals surface area contributed by atoms with E-state index in [1.807, 2.05) is 55.5 Å². The molecule has 0 fully saturated rings. The van der Waals surface area contributed by atoms with Crippen LogP contribution in [0.15, 0.2) is 48.5 Å². The van der Waals surface area contributed by atoms with Gasteiger partial charge in [0.2, 0.25) is 15.9 Å². The van der Waals surface area contributed by atoms with Gasteiger partial charge in [0.15, 0.2) is 0 Å². The van der Waals surface area contributed by atoms with E-state index in [1.165, 1.54) is 4.31 Å². The van der Waals surface area contributed by atoms with Gasteiger partial charge in [0.25, 0.3) is 0 Å². The third-order valence-corrected chi connectivity index (χ3v) is 5.77. The molecule has 0 radical (unpaired) electrons. The van der Waals surface area contributed by atoms with Crippen LogP contribution in [0.5, 0.6) is 0 Å². The quantitative estimate of drug-likeness (QED) is 0.824. The molecule has 25 heavy (non-hydrogen) atoms. The van der Waals surface area contributed by atoms with E-state index in [2.05, 4.69) is 0 Å². The van der Waals surface area contributed by atoms with Crippen LogP contribution in [0.1, 0.15) is 16.7 Å². The number of aryl methyl sites for hydroxylation is 1. The van der Waals surface area contributed by atoms with E-state index in [0.717, 1.165) is 35.1 Å². The number of benzene rings is 2. The van der Waals surface area contributed by atoms with Crippen LogP contribution < -0.4 is 4.90 Å². The largest absolute Gasteiger partial charge is 0.311 e. The molecule has 0 unspecified atom stereocenters. The lowest BCUT2D eigenvalue weighted by atomic mass is 10.1. The van der Waals surface area contributed by atoms with Gasteiger partial charge in [-0.1, -0.05) is 42.5 Å². The SMILES string of the molecule is Cc1ccccc1CN(CC(=O)N1CCc2ccccc21)S(C)(=O)=O. The zero-order chi connectivity index (χ0) is 18.0. The second-order valence-corrected chi connectivity index (χ2v) is 8.36. The minimum absolute atomic E-state index is 0.151. The van der Waals surface area contributed by atoms with Gasteiger partial charge in [-0.05, 0) is 36.1 Å². The van der Waals surface area contributed by atoms with Crippen molar-refractivity contribution >= 4 is 21.6 Å².